The van der Waals surface area contributed by atoms with Gasteiger partial charge in [0.15, 0.2) is 0 Å². The first-order valence-corrected chi connectivity index (χ1v) is 13.9. The predicted octanol–water partition coefficient (Wildman–Crippen LogP) is 6.03. The van der Waals surface area contributed by atoms with Crippen LogP contribution in [-0.2, 0) is 17.6 Å². The summed E-state index contributed by atoms with van der Waals surface area (Å²) >= 11 is 0. The molecule has 1 heterocycles. The number of amides is 1. The van der Waals surface area contributed by atoms with Gasteiger partial charge in [-0.2, -0.15) is 0 Å². The first-order valence-electron chi connectivity index (χ1n) is 13.9. The van der Waals surface area contributed by atoms with E-state index in [2.05, 4.69) is 41.8 Å². The fourth-order valence-corrected chi connectivity index (χ4v) is 5.00. The van der Waals surface area contributed by atoms with Crippen molar-refractivity contribution in [2.75, 3.05) is 6.54 Å². The molecule has 3 N–H and O–H groups in total. The summed E-state index contributed by atoms with van der Waals surface area (Å²) in [6, 6.07) is 35.3. The molecule has 0 saturated heterocycles. The molecule has 1 unspecified atom stereocenters. The molecule has 0 saturated carbocycles. The monoisotopic (exact) mass is 532 g/mol. The van der Waals surface area contributed by atoms with Crippen LogP contribution in [0, 0.1) is 0 Å². The zero-order chi connectivity index (χ0) is 27.7. The molecule has 0 radical (unpaired) electrons. The van der Waals surface area contributed by atoms with Crippen molar-refractivity contribution in [3.8, 4) is 11.5 Å². The molecule has 1 aliphatic heterocycles. The normalized spacial score (nSPS) is 14.4. The number of benzene rings is 4. The van der Waals surface area contributed by atoms with Gasteiger partial charge in [0.1, 0.15) is 11.5 Å². The van der Waals surface area contributed by atoms with Crippen molar-refractivity contribution in [1.29, 1.82) is 0 Å². The van der Waals surface area contributed by atoms with Crippen molar-refractivity contribution in [2.45, 2.75) is 44.4 Å². The topological polar surface area (TPSA) is 70.6 Å². The lowest BCUT2D eigenvalue weighted by molar-refractivity contribution is -0.117. The van der Waals surface area contributed by atoms with Gasteiger partial charge in [-0.15, -0.1) is 0 Å². The quantitative estimate of drug-likeness (QED) is 0.221. The van der Waals surface area contributed by atoms with E-state index < -0.39 is 12.1 Å². The first-order chi connectivity index (χ1) is 19.6. The fraction of sp³-hybridized carbons (Fsp3) is 0.229. The van der Waals surface area contributed by atoms with Gasteiger partial charge >= 0.3 is 0 Å². The Labute approximate surface area is 236 Å². The second-order valence-corrected chi connectivity index (χ2v) is 10.4. The zero-order valence-electron chi connectivity index (χ0n) is 22.8. The lowest BCUT2D eigenvalue weighted by atomic mass is 9.98. The highest BCUT2D eigenvalue weighted by atomic mass is 16.5. The molecule has 1 aliphatic rings. The van der Waals surface area contributed by atoms with Crippen LogP contribution in [0.2, 0.25) is 0 Å². The van der Waals surface area contributed by atoms with Gasteiger partial charge in [0.05, 0.1) is 17.7 Å². The van der Waals surface area contributed by atoms with E-state index in [1.165, 1.54) is 5.56 Å². The minimum atomic E-state index is -0.784. The van der Waals surface area contributed by atoms with E-state index in [1.807, 2.05) is 91.0 Å². The summed E-state index contributed by atoms with van der Waals surface area (Å²) in [5, 5.41) is 18.0. The Morgan fingerprint density at radius 3 is 2.17 bits per heavy atom. The second kappa shape index (κ2) is 13.2. The molecule has 4 aromatic carbocycles. The molecular weight excluding hydrogens is 496 g/mol. The number of nitrogens with one attached hydrogen (secondary N) is 2. The second-order valence-electron chi connectivity index (χ2n) is 10.4. The Morgan fingerprint density at radius 1 is 0.800 bits per heavy atom. The van der Waals surface area contributed by atoms with Crippen LogP contribution in [0.5, 0.6) is 11.5 Å². The Hall–Kier alpha value is -4.19. The molecule has 0 aliphatic carbocycles. The van der Waals surface area contributed by atoms with E-state index in [9.17, 15) is 9.90 Å². The number of para-hydroxylation sites is 2. The van der Waals surface area contributed by atoms with Gasteiger partial charge in [-0.05, 0) is 55.5 Å². The number of hydrogen-bond acceptors (Lipinski definition) is 4. The number of carbonyl (C=O) groups excluding carboxylic acids is 1. The van der Waals surface area contributed by atoms with Gasteiger partial charge in [0.2, 0.25) is 0 Å². The molecule has 204 valence electrons. The summed E-state index contributed by atoms with van der Waals surface area (Å²) in [6.45, 7) is 2.50. The molecule has 3 atom stereocenters. The number of fused-ring (bicyclic) bond motifs is 2. The van der Waals surface area contributed by atoms with Crippen LogP contribution in [-0.4, -0.2) is 35.7 Å². The van der Waals surface area contributed by atoms with E-state index in [0.717, 1.165) is 29.5 Å². The Bertz CT molecular complexity index is 1440. The van der Waals surface area contributed by atoms with Crippen LogP contribution < -0.4 is 15.4 Å². The smallest absolute Gasteiger partial charge is 0.252 e. The number of aliphatic hydroxyl groups is 1. The number of hydrogen-bond donors (Lipinski definition) is 3. The predicted molar refractivity (Wildman–Crippen MR) is 161 cm³/mol. The van der Waals surface area contributed by atoms with Gasteiger partial charge in [-0.1, -0.05) is 97.1 Å². The summed E-state index contributed by atoms with van der Waals surface area (Å²) in [6.07, 6.45) is 3.51. The molecule has 5 heteroatoms. The Balaban J connectivity index is 1.32. The molecule has 40 heavy (non-hydrogen) atoms. The highest BCUT2D eigenvalue weighted by molar-refractivity contribution is 6.25. The van der Waals surface area contributed by atoms with Gasteiger partial charge in [0.25, 0.3) is 5.91 Å². The molecular formula is C35H36N2O3. The van der Waals surface area contributed by atoms with Crippen molar-refractivity contribution in [3.05, 3.63) is 131 Å². The van der Waals surface area contributed by atoms with Crippen molar-refractivity contribution < 1.29 is 14.6 Å². The maximum atomic E-state index is 13.9. The molecule has 1 amide bonds. The van der Waals surface area contributed by atoms with Crippen molar-refractivity contribution in [1.82, 2.24) is 10.6 Å². The number of aryl methyl sites for hydroxylation is 1. The molecule has 0 bridgehead atoms. The third-order valence-corrected chi connectivity index (χ3v) is 7.32. The van der Waals surface area contributed by atoms with E-state index in [-0.39, 0.29) is 11.9 Å². The summed E-state index contributed by atoms with van der Waals surface area (Å²) in [5.41, 5.74) is 4.41. The standard InChI is InChI=1S/C35H36N2O3/c1-25(20-21-26-12-4-2-5-13-26)36-24-32(38)31(22-27-14-6-3-7-15-27)37-35(39)30-23-28-16-8-10-18-33(28)40-34-19-11-9-17-29(30)34/h2-19,23,25,31-32,36,38H,20-22,24H2,1H3,(H,37,39)/t25?,31-,32-/m0/s1. The van der Waals surface area contributed by atoms with Crippen LogP contribution in [0.3, 0.4) is 0 Å². The van der Waals surface area contributed by atoms with E-state index in [4.69, 9.17) is 4.74 Å². The summed E-state index contributed by atoms with van der Waals surface area (Å²) in [4.78, 5) is 13.9. The minimum Gasteiger partial charge on any atom is -0.456 e. The average Bonchev–Trinajstić information content (AvgIpc) is 3.16. The third-order valence-electron chi connectivity index (χ3n) is 7.32. The largest absolute Gasteiger partial charge is 0.456 e. The Morgan fingerprint density at radius 2 is 1.43 bits per heavy atom. The van der Waals surface area contributed by atoms with Gasteiger partial charge in [-0.25, -0.2) is 0 Å². The summed E-state index contributed by atoms with van der Waals surface area (Å²) in [7, 11) is 0. The van der Waals surface area contributed by atoms with Crippen molar-refractivity contribution in [2.24, 2.45) is 0 Å². The van der Waals surface area contributed by atoms with Crippen LogP contribution in [0.15, 0.2) is 109 Å². The Kier molecular flexibility index (Phi) is 9.07. The van der Waals surface area contributed by atoms with E-state index in [1.54, 1.807) is 0 Å². The molecule has 4 aromatic rings. The summed E-state index contributed by atoms with van der Waals surface area (Å²) in [5.74, 6) is 1.08. The van der Waals surface area contributed by atoms with Crippen LogP contribution in [0.1, 0.15) is 35.6 Å². The van der Waals surface area contributed by atoms with Gasteiger partial charge in [-0.3, -0.25) is 4.79 Å². The summed E-state index contributed by atoms with van der Waals surface area (Å²) < 4.78 is 6.16. The molecule has 0 aromatic heterocycles. The van der Waals surface area contributed by atoms with Crippen molar-refractivity contribution >= 4 is 17.6 Å². The third kappa shape index (κ3) is 7.06. The van der Waals surface area contributed by atoms with Crippen molar-refractivity contribution in [3.63, 3.8) is 0 Å². The van der Waals surface area contributed by atoms with Gasteiger partial charge in [0, 0.05) is 23.7 Å². The van der Waals surface area contributed by atoms with Crippen LogP contribution >= 0.6 is 0 Å². The molecule has 0 fully saturated rings. The minimum absolute atomic E-state index is 0.216. The zero-order valence-corrected chi connectivity index (χ0v) is 22.8. The fourth-order valence-electron chi connectivity index (χ4n) is 5.00. The highest BCUT2D eigenvalue weighted by Crippen LogP contribution is 2.37. The van der Waals surface area contributed by atoms with Gasteiger partial charge < -0.3 is 20.5 Å². The maximum Gasteiger partial charge on any atom is 0.252 e. The number of carbonyl (C=O) groups is 1. The number of ether oxygens (including phenoxy) is 1. The maximum absolute atomic E-state index is 13.9. The lowest BCUT2D eigenvalue weighted by Gasteiger charge is -2.27. The van der Waals surface area contributed by atoms with E-state index >= 15 is 0 Å². The first kappa shape index (κ1) is 27.4. The highest BCUT2D eigenvalue weighted by Gasteiger charge is 2.27. The molecule has 0 spiro atoms. The number of rotatable bonds is 11. The van der Waals surface area contributed by atoms with E-state index in [0.29, 0.717) is 30.0 Å². The SMILES string of the molecule is CC(CCc1ccccc1)NC[C@H](O)[C@H](Cc1ccccc1)NC(=O)C1=Cc2ccccc2Oc2ccccc21. The van der Waals surface area contributed by atoms with Crippen LogP contribution in [0.25, 0.3) is 11.6 Å². The van der Waals surface area contributed by atoms with Crippen LogP contribution in [0.4, 0.5) is 0 Å². The molecule has 5 rings (SSSR count). The average molecular weight is 533 g/mol. The molecule has 5 nitrogen and oxygen atoms in total. The number of aliphatic hydroxyl groups excluding tert-OH is 1. The lowest BCUT2D eigenvalue weighted by Crippen LogP contribution is -2.50.